The van der Waals surface area contributed by atoms with Gasteiger partial charge in [0, 0.05) is 18.0 Å². The normalized spacial score (nSPS) is 16.8. The van der Waals surface area contributed by atoms with Crippen LogP contribution in [0, 0.1) is 12.8 Å². The lowest BCUT2D eigenvalue weighted by Crippen LogP contribution is -2.45. The Morgan fingerprint density at radius 1 is 1.30 bits per heavy atom. The molecular formula is C18H25ClN2O2. The Kier molecular flexibility index (Phi) is 6.08. The summed E-state index contributed by atoms with van der Waals surface area (Å²) in [5, 5.41) is 4.04. The minimum Gasteiger partial charge on any atom is -0.451 e. The van der Waals surface area contributed by atoms with Gasteiger partial charge < -0.3 is 15.5 Å². The topological polar surface area (TPSA) is 68.3 Å². The van der Waals surface area contributed by atoms with E-state index in [0.717, 1.165) is 29.4 Å². The van der Waals surface area contributed by atoms with E-state index in [0.29, 0.717) is 18.2 Å². The number of carbonyl (C=O) groups is 1. The van der Waals surface area contributed by atoms with Crippen LogP contribution in [0.5, 0.6) is 0 Å². The van der Waals surface area contributed by atoms with Crippen LogP contribution in [-0.4, -0.2) is 18.5 Å². The van der Waals surface area contributed by atoms with Gasteiger partial charge in [-0.1, -0.05) is 30.9 Å². The molecule has 5 heteroatoms. The summed E-state index contributed by atoms with van der Waals surface area (Å²) in [5.41, 5.74) is 7.78. The van der Waals surface area contributed by atoms with Gasteiger partial charge in [-0.3, -0.25) is 4.79 Å². The first-order valence-corrected chi connectivity index (χ1v) is 8.18. The van der Waals surface area contributed by atoms with Crippen LogP contribution in [0.3, 0.4) is 0 Å². The second kappa shape index (κ2) is 7.84. The molecule has 1 aromatic heterocycles. The maximum atomic E-state index is 12.5. The Hall–Kier alpha value is -1.52. The Morgan fingerprint density at radius 3 is 2.74 bits per heavy atom. The summed E-state index contributed by atoms with van der Waals surface area (Å²) in [4.78, 5) is 12.5. The largest absolute Gasteiger partial charge is 0.451 e. The monoisotopic (exact) mass is 336 g/mol. The second-order valence-corrected chi connectivity index (χ2v) is 6.37. The molecule has 1 aliphatic carbocycles. The van der Waals surface area contributed by atoms with E-state index in [2.05, 4.69) is 5.32 Å². The summed E-state index contributed by atoms with van der Waals surface area (Å²) in [7, 11) is 0. The van der Waals surface area contributed by atoms with Crippen molar-refractivity contribution < 1.29 is 9.21 Å². The quantitative estimate of drug-likeness (QED) is 0.892. The molecule has 0 aliphatic heterocycles. The van der Waals surface area contributed by atoms with E-state index in [4.69, 9.17) is 10.2 Å². The first kappa shape index (κ1) is 17.8. The Morgan fingerprint density at radius 2 is 2.04 bits per heavy atom. The van der Waals surface area contributed by atoms with Gasteiger partial charge in [-0.05, 0) is 43.9 Å². The first-order chi connectivity index (χ1) is 10.7. The number of carbonyl (C=O) groups excluding carboxylic acids is 1. The van der Waals surface area contributed by atoms with E-state index in [1.165, 1.54) is 19.3 Å². The van der Waals surface area contributed by atoms with Crippen molar-refractivity contribution in [2.24, 2.45) is 11.7 Å². The zero-order valence-electron chi connectivity index (χ0n) is 13.5. The molecule has 0 radical (unpaired) electrons. The summed E-state index contributed by atoms with van der Waals surface area (Å²) < 4.78 is 5.66. The molecule has 1 unspecified atom stereocenters. The van der Waals surface area contributed by atoms with Gasteiger partial charge >= 0.3 is 0 Å². The smallest absolute Gasteiger partial charge is 0.287 e. The third-order valence-electron chi connectivity index (χ3n) is 4.68. The highest BCUT2D eigenvalue weighted by Crippen LogP contribution is 2.27. The first-order valence-electron chi connectivity index (χ1n) is 8.18. The highest BCUT2D eigenvalue weighted by Gasteiger charge is 2.25. The molecule has 0 saturated heterocycles. The lowest BCUT2D eigenvalue weighted by atomic mass is 9.84. The van der Waals surface area contributed by atoms with Gasteiger partial charge in [-0.25, -0.2) is 0 Å². The maximum Gasteiger partial charge on any atom is 0.287 e. The highest BCUT2D eigenvalue weighted by atomic mass is 35.5. The molecule has 23 heavy (non-hydrogen) atoms. The van der Waals surface area contributed by atoms with Crippen molar-refractivity contribution in [1.82, 2.24) is 5.32 Å². The molecule has 1 heterocycles. The number of amides is 1. The zero-order valence-corrected chi connectivity index (χ0v) is 14.3. The molecule has 1 fully saturated rings. The van der Waals surface area contributed by atoms with Crippen LogP contribution >= 0.6 is 12.4 Å². The summed E-state index contributed by atoms with van der Waals surface area (Å²) in [6.07, 6.45) is 6.08. The van der Waals surface area contributed by atoms with Gasteiger partial charge in [0.2, 0.25) is 0 Å². The van der Waals surface area contributed by atoms with Gasteiger partial charge in [0.15, 0.2) is 5.76 Å². The van der Waals surface area contributed by atoms with Crippen LogP contribution in [0.4, 0.5) is 0 Å². The number of rotatable bonds is 4. The van der Waals surface area contributed by atoms with E-state index >= 15 is 0 Å². The minimum absolute atomic E-state index is 0. The van der Waals surface area contributed by atoms with E-state index < -0.39 is 0 Å². The van der Waals surface area contributed by atoms with Crippen molar-refractivity contribution in [1.29, 1.82) is 0 Å². The summed E-state index contributed by atoms with van der Waals surface area (Å²) in [6.45, 7) is 2.51. The van der Waals surface area contributed by atoms with Crippen LogP contribution in [0.15, 0.2) is 28.7 Å². The summed E-state index contributed by atoms with van der Waals surface area (Å²) in [5.74, 6) is 0.707. The number of aryl methyl sites for hydroxylation is 1. The predicted molar refractivity (Wildman–Crippen MR) is 95.1 cm³/mol. The Bertz CT molecular complexity index is 662. The molecule has 126 valence electrons. The standard InChI is InChI=1S/C18H24N2O2.ClH/c1-12-7-8-16-14(9-12)10-17(22-16)18(21)20-15(11-19)13-5-3-2-4-6-13;/h7-10,13,15H,2-6,11,19H2,1H3,(H,20,21);1H. The summed E-state index contributed by atoms with van der Waals surface area (Å²) >= 11 is 0. The molecule has 1 aromatic carbocycles. The molecule has 1 saturated carbocycles. The molecule has 4 nitrogen and oxygen atoms in total. The number of nitrogens with two attached hydrogens (primary N) is 1. The lowest BCUT2D eigenvalue weighted by molar-refractivity contribution is 0.0889. The highest BCUT2D eigenvalue weighted by molar-refractivity contribution is 5.96. The van der Waals surface area contributed by atoms with Gasteiger partial charge in [-0.15, -0.1) is 12.4 Å². The third-order valence-corrected chi connectivity index (χ3v) is 4.68. The molecule has 0 spiro atoms. The van der Waals surface area contributed by atoms with Crippen LogP contribution in [0.1, 0.15) is 48.2 Å². The van der Waals surface area contributed by atoms with Crippen LogP contribution in [-0.2, 0) is 0 Å². The molecule has 3 rings (SSSR count). The molecule has 1 amide bonds. The number of furan rings is 1. The fourth-order valence-electron chi connectivity index (χ4n) is 3.42. The number of halogens is 1. The zero-order chi connectivity index (χ0) is 15.5. The van der Waals surface area contributed by atoms with Crippen LogP contribution in [0.2, 0.25) is 0 Å². The van der Waals surface area contributed by atoms with E-state index in [1.54, 1.807) is 0 Å². The SMILES string of the molecule is Cc1ccc2oc(C(=O)NC(CN)C3CCCCC3)cc2c1.Cl. The number of hydrogen-bond donors (Lipinski definition) is 2. The maximum absolute atomic E-state index is 12.5. The molecular weight excluding hydrogens is 312 g/mol. The van der Waals surface area contributed by atoms with Gasteiger partial charge in [-0.2, -0.15) is 0 Å². The number of hydrogen-bond acceptors (Lipinski definition) is 3. The van der Waals surface area contributed by atoms with Crippen molar-refractivity contribution in [3.05, 3.63) is 35.6 Å². The number of fused-ring (bicyclic) bond motifs is 1. The van der Waals surface area contributed by atoms with Crippen molar-refractivity contribution in [3.8, 4) is 0 Å². The average Bonchev–Trinajstić information content (AvgIpc) is 2.96. The molecule has 3 N–H and O–H groups in total. The minimum atomic E-state index is -0.158. The van der Waals surface area contributed by atoms with Crippen molar-refractivity contribution in [2.45, 2.75) is 45.1 Å². The molecule has 1 atom stereocenters. The predicted octanol–water partition coefficient (Wildman–Crippen LogP) is 3.80. The Labute approximate surface area is 143 Å². The van der Waals surface area contributed by atoms with E-state index in [1.807, 2.05) is 31.2 Å². The third kappa shape index (κ3) is 4.06. The van der Waals surface area contributed by atoms with E-state index in [-0.39, 0.29) is 24.4 Å². The lowest BCUT2D eigenvalue weighted by Gasteiger charge is -2.29. The molecule has 2 aromatic rings. The van der Waals surface area contributed by atoms with Gasteiger partial charge in [0.05, 0.1) is 0 Å². The second-order valence-electron chi connectivity index (χ2n) is 6.37. The Balaban J connectivity index is 0.00000192. The van der Waals surface area contributed by atoms with Crippen LogP contribution in [0.25, 0.3) is 11.0 Å². The fourth-order valence-corrected chi connectivity index (χ4v) is 3.42. The molecule has 1 aliphatic rings. The van der Waals surface area contributed by atoms with Crippen LogP contribution < -0.4 is 11.1 Å². The van der Waals surface area contributed by atoms with Gasteiger partial charge in [0.1, 0.15) is 5.58 Å². The average molecular weight is 337 g/mol. The summed E-state index contributed by atoms with van der Waals surface area (Å²) in [6, 6.07) is 7.77. The fraction of sp³-hybridized carbons (Fsp3) is 0.500. The van der Waals surface area contributed by atoms with Crippen molar-refractivity contribution in [3.63, 3.8) is 0 Å². The number of benzene rings is 1. The van der Waals surface area contributed by atoms with E-state index in [9.17, 15) is 4.79 Å². The van der Waals surface area contributed by atoms with Crippen molar-refractivity contribution >= 4 is 29.3 Å². The number of nitrogens with one attached hydrogen (secondary N) is 1. The molecule has 0 bridgehead atoms. The van der Waals surface area contributed by atoms with Crippen molar-refractivity contribution in [2.75, 3.05) is 6.54 Å². The van der Waals surface area contributed by atoms with Gasteiger partial charge in [0.25, 0.3) is 5.91 Å².